The topological polar surface area (TPSA) is 80.5 Å². The molecule has 0 aromatic heterocycles. The van der Waals surface area contributed by atoms with Crippen molar-refractivity contribution in [1.29, 1.82) is 0 Å². The van der Waals surface area contributed by atoms with Gasteiger partial charge >= 0.3 is 0 Å². The first-order chi connectivity index (χ1) is 7.19. The normalized spacial score (nSPS) is 17.9. The summed E-state index contributed by atoms with van der Waals surface area (Å²) in [4.78, 5) is 13.6. The zero-order valence-corrected chi connectivity index (χ0v) is 11.0. The van der Waals surface area contributed by atoms with Gasteiger partial charge in [-0.1, -0.05) is 12.2 Å². The molecule has 0 heterocycles. The Balaban J connectivity index is 2.59. The van der Waals surface area contributed by atoms with Gasteiger partial charge in [0.1, 0.15) is 9.84 Å². The maximum absolute atomic E-state index is 11.9. The van der Waals surface area contributed by atoms with Crippen LogP contribution in [0, 0.1) is 5.41 Å². The first-order valence-corrected chi connectivity index (χ1v) is 7.39. The lowest BCUT2D eigenvalue weighted by Gasteiger charge is -2.22. The minimum atomic E-state index is -3.06. The maximum atomic E-state index is 11.9. The molecular weight excluding hydrogens is 248 g/mol. The standard InChI is InChI=1S/C9H16N2O3S2/c1-11(5-6-16(2,13)14)8(12)9(3-4-9)7(10)15/h3-6H2,1-2H3,(H2,10,15). The van der Waals surface area contributed by atoms with E-state index >= 15 is 0 Å². The summed E-state index contributed by atoms with van der Waals surface area (Å²) in [5.41, 5.74) is 4.83. The third-order valence-corrected chi connectivity index (χ3v) is 4.09. The summed E-state index contributed by atoms with van der Waals surface area (Å²) in [6, 6.07) is 0. The smallest absolute Gasteiger partial charge is 0.235 e. The predicted octanol–water partition coefficient (Wildman–Crippen LogP) is -0.444. The SMILES string of the molecule is CN(CCS(C)(=O)=O)C(=O)C1(C(N)=S)CC1. The number of thiocarbonyl (C=S) groups is 1. The minimum absolute atomic E-state index is 0.0390. The number of hydrogen-bond acceptors (Lipinski definition) is 4. The van der Waals surface area contributed by atoms with Crippen LogP contribution in [-0.4, -0.2) is 49.8 Å². The number of sulfone groups is 1. The summed E-state index contributed by atoms with van der Waals surface area (Å²) in [7, 11) is -1.48. The van der Waals surface area contributed by atoms with Crippen LogP contribution in [0.15, 0.2) is 0 Å². The lowest BCUT2D eigenvalue weighted by Crippen LogP contribution is -2.42. The van der Waals surface area contributed by atoms with Crippen LogP contribution in [0.25, 0.3) is 0 Å². The maximum Gasteiger partial charge on any atom is 0.235 e. The number of carbonyl (C=O) groups is 1. The first-order valence-electron chi connectivity index (χ1n) is 4.92. The van der Waals surface area contributed by atoms with Crippen molar-refractivity contribution < 1.29 is 13.2 Å². The van der Waals surface area contributed by atoms with E-state index in [1.807, 2.05) is 0 Å². The average molecular weight is 264 g/mol. The summed E-state index contributed by atoms with van der Waals surface area (Å²) in [6.07, 6.45) is 2.49. The summed E-state index contributed by atoms with van der Waals surface area (Å²) in [6.45, 7) is 0.183. The Kier molecular flexibility index (Phi) is 3.59. The zero-order valence-electron chi connectivity index (χ0n) is 9.39. The van der Waals surface area contributed by atoms with Gasteiger partial charge in [0.2, 0.25) is 5.91 Å². The zero-order chi connectivity index (χ0) is 12.6. The van der Waals surface area contributed by atoms with Crippen LogP contribution in [0.3, 0.4) is 0 Å². The monoisotopic (exact) mass is 264 g/mol. The molecule has 92 valence electrons. The highest BCUT2D eigenvalue weighted by Gasteiger charge is 2.53. The molecule has 0 saturated heterocycles. The number of nitrogens with two attached hydrogens (primary N) is 1. The highest BCUT2D eigenvalue weighted by atomic mass is 32.2. The Labute approximate surface area is 101 Å². The minimum Gasteiger partial charge on any atom is -0.392 e. The van der Waals surface area contributed by atoms with Crippen molar-refractivity contribution in [3.8, 4) is 0 Å². The lowest BCUT2D eigenvalue weighted by molar-refractivity contribution is -0.132. The second-order valence-corrected chi connectivity index (χ2v) is 7.00. The average Bonchev–Trinajstić information content (AvgIpc) is 2.92. The van der Waals surface area contributed by atoms with Gasteiger partial charge in [-0.3, -0.25) is 4.79 Å². The van der Waals surface area contributed by atoms with Crippen LogP contribution in [0.2, 0.25) is 0 Å². The first kappa shape index (κ1) is 13.4. The van der Waals surface area contributed by atoms with Crippen LogP contribution in [0.1, 0.15) is 12.8 Å². The van der Waals surface area contributed by atoms with E-state index in [0.29, 0.717) is 12.8 Å². The molecule has 0 spiro atoms. The van der Waals surface area contributed by atoms with Gasteiger partial charge in [-0.25, -0.2) is 8.42 Å². The fourth-order valence-corrected chi connectivity index (χ4v) is 2.36. The summed E-state index contributed by atoms with van der Waals surface area (Å²) in [5.74, 6) is -0.202. The van der Waals surface area contributed by atoms with E-state index in [4.69, 9.17) is 18.0 Å². The predicted molar refractivity (Wildman–Crippen MR) is 65.8 cm³/mol. The van der Waals surface area contributed by atoms with E-state index in [0.717, 1.165) is 6.26 Å². The van der Waals surface area contributed by atoms with Gasteiger partial charge in [-0.2, -0.15) is 0 Å². The highest BCUT2D eigenvalue weighted by molar-refractivity contribution is 7.90. The Hall–Kier alpha value is -0.690. The van der Waals surface area contributed by atoms with Gasteiger partial charge in [0, 0.05) is 19.8 Å². The summed E-state index contributed by atoms with van der Waals surface area (Å²) < 4.78 is 21.9. The molecule has 0 aromatic rings. The number of rotatable bonds is 5. The van der Waals surface area contributed by atoms with E-state index in [2.05, 4.69) is 0 Å². The number of nitrogens with zero attached hydrogens (tertiary/aromatic N) is 1. The Morgan fingerprint density at radius 3 is 2.31 bits per heavy atom. The van der Waals surface area contributed by atoms with Crippen molar-refractivity contribution in [2.45, 2.75) is 12.8 Å². The number of carbonyl (C=O) groups excluding carboxylic acids is 1. The van der Waals surface area contributed by atoms with Crippen LogP contribution in [0.4, 0.5) is 0 Å². The van der Waals surface area contributed by atoms with Crippen molar-refractivity contribution in [2.75, 3.05) is 25.6 Å². The summed E-state index contributed by atoms with van der Waals surface area (Å²) in [5, 5.41) is 0. The molecule has 16 heavy (non-hydrogen) atoms. The van der Waals surface area contributed by atoms with Gasteiger partial charge in [-0.05, 0) is 12.8 Å². The van der Waals surface area contributed by atoms with Gasteiger partial charge < -0.3 is 10.6 Å². The van der Waals surface area contributed by atoms with Crippen LogP contribution in [-0.2, 0) is 14.6 Å². The molecule has 1 amide bonds. The van der Waals surface area contributed by atoms with Crippen LogP contribution < -0.4 is 5.73 Å². The molecular formula is C9H16N2O3S2. The Bertz CT molecular complexity index is 412. The van der Waals surface area contributed by atoms with Crippen molar-refractivity contribution in [2.24, 2.45) is 11.1 Å². The van der Waals surface area contributed by atoms with Gasteiger partial charge in [0.05, 0.1) is 16.2 Å². The fourth-order valence-electron chi connectivity index (χ4n) is 1.46. The molecule has 0 atom stereocenters. The quantitative estimate of drug-likeness (QED) is 0.681. The molecule has 0 bridgehead atoms. The molecule has 2 N–H and O–H groups in total. The van der Waals surface area contributed by atoms with E-state index in [-0.39, 0.29) is 23.2 Å². The molecule has 7 heteroatoms. The van der Waals surface area contributed by atoms with Crippen molar-refractivity contribution in [3.63, 3.8) is 0 Å². The van der Waals surface area contributed by atoms with E-state index in [1.165, 1.54) is 4.90 Å². The number of hydrogen-bond donors (Lipinski definition) is 1. The molecule has 1 aliphatic carbocycles. The van der Waals surface area contributed by atoms with E-state index in [9.17, 15) is 13.2 Å². The van der Waals surface area contributed by atoms with Gasteiger partial charge in [-0.15, -0.1) is 0 Å². The van der Waals surface area contributed by atoms with E-state index < -0.39 is 15.3 Å². The molecule has 0 aliphatic heterocycles. The fraction of sp³-hybridized carbons (Fsp3) is 0.778. The van der Waals surface area contributed by atoms with Crippen molar-refractivity contribution >= 4 is 33.0 Å². The molecule has 0 radical (unpaired) electrons. The second kappa shape index (κ2) is 4.29. The lowest BCUT2D eigenvalue weighted by atomic mass is 10.1. The second-order valence-electron chi connectivity index (χ2n) is 4.30. The largest absolute Gasteiger partial charge is 0.392 e. The van der Waals surface area contributed by atoms with Crippen molar-refractivity contribution in [1.82, 2.24) is 4.90 Å². The third-order valence-electron chi connectivity index (χ3n) is 2.78. The Morgan fingerprint density at radius 2 is 2.00 bits per heavy atom. The molecule has 1 aliphatic rings. The molecule has 5 nitrogen and oxygen atoms in total. The Morgan fingerprint density at radius 1 is 1.50 bits per heavy atom. The molecule has 1 fully saturated rings. The van der Waals surface area contributed by atoms with Crippen LogP contribution in [0.5, 0.6) is 0 Å². The van der Waals surface area contributed by atoms with E-state index in [1.54, 1.807) is 7.05 Å². The molecule has 0 aromatic carbocycles. The highest BCUT2D eigenvalue weighted by Crippen LogP contribution is 2.47. The third kappa shape index (κ3) is 2.91. The van der Waals surface area contributed by atoms with Crippen molar-refractivity contribution in [3.05, 3.63) is 0 Å². The van der Waals surface area contributed by atoms with Crippen LogP contribution >= 0.6 is 12.2 Å². The molecule has 0 unspecified atom stereocenters. The summed E-state index contributed by atoms with van der Waals surface area (Å²) >= 11 is 4.86. The number of amides is 1. The van der Waals surface area contributed by atoms with Gasteiger partial charge in [0.25, 0.3) is 0 Å². The molecule has 1 rings (SSSR count). The molecule has 1 saturated carbocycles. The van der Waals surface area contributed by atoms with Gasteiger partial charge in [0.15, 0.2) is 0 Å².